The molecule has 3 N–H and O–H groups in total. The van der Waals surface area contributed by atoms with Crippen molar-refractivity contribution >= 4 is 19.8 Å². The standard InChI is InChI=1S/C89H158NO8P/c1-3-5-7-9-11-13-15-17-19-21-23-25-27-29-31-33-35-37-39-41-42-43-44-46-48-50-52-54-56-58-60-62-64-66-68-70-72-74-76-78-80-82-89(92)98-87(86-97-99(93,94)96-84-83-90)85-95-88(91)81-79-77-75-73-71-69-67-65-63-61-59-57-55-53-51-49-47-45-40-38-36-34-32-30-28-26-24-22-20-18-16-14-12-10-8-6-4-2/h5,7,11,13,16-19,22-25,28-31,35,37,41-42,87H,3-4,6,8-10,12,14-15,20-21,26-27,32-34,36,38-40,43-86,90H2,1-2H3,(H,93,94)/b7-5-,13-11-,18-16-,19-17-,24-22-,25-23-,30-28-,31-29-,37-35-,42-41-. The first-order valence-corrected chi connectivity index (χ1v) is 43.5. The van der Waals surface area contributed by atoms with Gasteiger partial charge in [0.25, 0.3) is 0 Å². The van der Waals surface area contributed by atoms with Gasteiger partial charge in [0.2, 0.25) is 0 Å². The number of carbonyl (C=O) groups excluding carboxylic acids is 2. The van der Waals surface area contributed by atoms with Crippen molar-refractivity contribution in [2.24, 2.45) is 5.73 Å². The van der Waals surface area contributed by atoms with Crippen molar-refractivity contribution in [3.63, 3.8) is 0 Å². The van der Waals surface area contributed by atoms with Crippen molar-refractivity contribution in [3.8, 4) is 0 Å². The van der Waals surface area contributed by atoms with E-state index in [1.54, 1.807) is 0 Å². The van der Waals surface area contributed by atoms with Crippen LogP contribution in [0, 0.1) is 0 Å². The molecule has 0 aromatic rings. The summed E-state index contributed by atoms with van der Waals surface area (Å²) >= 11 is 0. The molecule has 99 heavy (non-hydrogen) atoms. The molecule has 0 radical (unpaired) electrons. The van der Waals surface area contributed by atoms with Crippen molar-refractivity contribution < 1.29 is 37.6 Å². The molecule has 0 aliphatic carbocycles. The number of phosphoric ester groups is 1. The number of esters is 2. The Morgan fingerprint density at radius 1 is 0.313 bits per heavy atom. The lowest BCUT2D eigenvalue weighted by molar-refractivity contribution is -0.161. The number of allylic oxidation sites excluding steroid dienone is 20. The molecule has 572 valence electrons. The maximum atomic E-state index is 12.8. The molecule has 0 aromatic heterocycles. The summed E-state index contributed by atoms with van der Waals surface area (Å²) < 4.78 is 33.3. The van der Waals surface area contributed by atoms with Gasteiger partial charge in [-0.1, -0.05) is 399 Å². The van der Waals surface area contributed by atoms with E-state index in [1.165, 1.54) is 270 Å². The van der Waals surface area contributed by atoms with Crippen LogP contribution in [0.3, 0.4) is 0 Å². The van der Waals surface area contributed by atoms with E-state index < -0.39 is 26.5 Å². The monoisotopic (exact) mass is 1400 g/mol. The average molecular weight is 1400 g/mol. The minimum absolute atomic E-state index is 0.0524. The number of hydrogen-bond donors (Lipinski definition) is 2. The number of hydrogen-bond acceptors (Lipinski definition) is 8. The minimum Gasteiger partial charge on any atom is -0.462 e. The van der Waals surface area contributed by atoms with Gasteiger partial charge in [-0.15, -0.1) is 0 Å². The van der Waals surface area contributed by atoms with Crippen LogP contribution in [0.5, 0.6) is 0 Å². The van der Waals surface area contributed by atoms with Gasteiger partial charge in [0.1, 0.15) is 6.61 Å². The van der Waals surface area contributed by atoms with Gasteiger partial charge in [-0.05, 0) is 109 Å². The molecule has 9 nitrogen and oxygen atoms in total. The molecule has 0 amide bonds. The molecule has 0 aliphatic rings. The molecular formula is C89H158NO8P. The number of unbranched alkanes of at least 4 members (excludes halogenated alkanes) is 46. The average Bonchev–Trinajstić information content (AvgIpc) is 1.19. The second-order valence-electron chi connectivity index (χ2n) is 28.0. The predicted molar refractivity (Wildman–Crippen MR) is 431 cm³/mol. The molecule has 2 unspecified atom stereocenters. The lowest BCUT2D eigenvalue weighted by atomic mass is 10.0. The van der Waals surface area contributed by atoms with Gasteiger partial charge in [0.05, 0.1) is 13.2 Å². The first-order valence-electron chi connectivity index (χ1n) is 42.0. The highest BCUT2D eigenvalue weighted by Crippen LogP contribution is 2.43. The number of phosphoric acid groups is 1. The van der Waals surface area contributed by atoms with Crippen LogP contribution in [0.4, 0.5) is 0 Å². The van der Waals surface area contributed by atoms with Gasteiger partial charge < -0.3 is 20.1 Å². The van der Waals surface area contributed by atoms with E-state index in [2.05, 4.69) is 135 Å². The fourth-order valence-electron chi connectivity index (χ4n) is 12.2. The lowest BCUT2D eigenvalue weighted by Crippen LogP contribution is -2.29. The molecule has 0 aliphatic heterocycles. The van der Waals surface area contributed by atoms with Gasteiger partial charge in [-0.3, -0.25) is 18.6 Å². The molecule has 0 aromatic carbocycles. The summed E-state index contributed by atoms with van der Waals surface area (Å²) in [6.07, 6.45) is 118. The maximum absolute atomic E-state index is 12.8. The quantitative estimate of drug-likeness (QED) is 0.0264. The van der Waals surface area contributed by atoms with Crippen molar-refractivity contribution in [1.29, 1.82) is 0 Å². The molecule has 0 saturated carbocycles. The molecule has 10 heteroatoms. The zero-order chi connectivity index (χ0) is 71.5. The van der Waals surface area contributed by atoms with Crippen molar-refractivity contribution in [3.05, 3.63) is 122 Å². The summed E-state index contributed by atoms with van der Waals surface area (Å²) in [7, 11) is -4.40. The Bertz CT molecular complexity index is 2050. The van der Waals surface area contributed by atoms with Gasteiger partial charge in [0, 0.05) is 19.4 Å². The van der Waals surface area contributed by atoms with Crippen LogP contribution in [-0.4, -0.2) is 49.3 Å². The summed E-state index contributed by atoms with van der Waals surface area (Å²) in [5.74, 6) is -0.810. The Morgan fingerprint density at radius 2 is 0.556 bits per heavy atom. The maximum Gasteiger partial charge on any atom is 0.472 e. The number of nitrogens with two attached hydrogens (primary N) is 1. The highest BCUT2D eigenvalue weighted by atomic mass is 31.2. The highest BCUT2D eigenvalue weighted by molar-refractivity contribution is 7.47. The van der Waals surface area contributed by atoms with E-state index in [4.69, 9.17) is 24.3 Å². The fourth-order valence-corrected chi connectivity index (χ4v) is 12.9. The Balaban J connectivity index is 3.78. The zero-order valence-electron chi connectivity index (χ0n) is 64.7. The first kappa shape index (κ1) is 95.4. The van der Waals surface area contributed by atoms with E-state index in [0.717, 1.165) is 96.3 Å². The highest BCUT2D eigenvalue weighted by Gasteiger charge is 2.26. The van der Waals surface area contributed by atoms with Crippen LogP contribution in [0.25, 0.3) is 0 Å². The van der Waals surface area contributed by atoms with Crippen molar-refractivity contribution in [2.45, 2.75) is 405 Å². The van der Waals surface area contributed by atoms with E-state index in [1.807, 2.05) is 0 Å². The predicted octanol–water partition coefficient (Wildman–Crippen LogP) is 28.5. The summed E-state index contributed by atoms with van der Waals surface area (Å²) in [4.78, 5) is 35.5. The third kappa shape index (κ3) is 83.2. The van der Waals surface area contributed by atoms with Gasteiger partial charge in [0.15, 0.2) is 6.10 Å². The molecule has 0 bridgehead atoms. The largest absolute Gasteiger partial charge is 0.472 e. The Labute approximate surface area is 612 Å². The molecule has 0 saturated heterocycles. The normalized spacial score (nSPS) is 13.5. The smallest absolute Gasteiger partial charge is 0.462 e. The summed E-state index contributed by atoms with van der Waals surface area (Å²) in [6, 6.07) is 0. The van der Waals surface area contributed by atoms with Crippen LogP contribution in [0.1, 0.15) is 399 Å². The van der Waals surface area contributed by atoms with E-state index in [-0.39, 0.29) is 38.6 Å². The first-order chi connectivity index (χ1) is 48.8. The number of carbonyl (C=O) groups is 2. The van der Waals surface area contributed by atoms with Crippen LogP contribution >= 0.6 is 7.82 Å². The molecule has 0 fully saturated rings. The number of rotatable bonds is 79. The third-order valence-electron chi connectivity index (χ3n) is 18.3. The second-order valence-corrected chi connectivity index (χ2v) is 29.4. The Morgan fingerprint density at radius 3 is 0.828 bits per heavy atom. The summed E-state index contributed by atoms with van der Waals surface area (Å²) in [5.41, 5.74) is 5.42. The zero-order valence-corrected chi connectivity index (χ0v) is 65.6. The fraction of sp³-hybridized carbons (Fsp3) is 0.753. The minimum atomic E-state index is -4.40. The molecule has 2 atom stereocenters. The van der Waals surface area contributed by atoms with Crippen LogP contribution in [-0.2, 0) is 32.7 Å². The summed E-state index contributed by atoms with van der Waals surface area (Å²) in [5, 5.41) is 0. The van der Waals surface area contributed by atoms with Crippen molar-refractivity contribution in [1.82, 2.24) is 0 Å². The number of ether oxygens (including phenoxy) is 2. The van der Waals surface area contributed by atoms with Gasteiger partial charge in [-0.25, -0.2) is 4.57 Å². The third-order valence-corrected chi connectivity index (χ3v) is 19.3. The summed E-state index contributed by atoms with van der Waals surface area (Å²) in [6.45, 7) is 3.67. The molecule has 0 heterocycles. The van der Waals surface area contributed by atoms with Crippen molar-refractivity contribution in [2.75, 3.05) is 26.4 Å². The molecular weight excluding hydrogens is 1240 g/mol. The second kappa shape index (κ2) is 83.4. The Hall–Kier alpha value is -3.59. The van der Waals surface area contributed by atoms with Gasteiger partial charge >= 0.3 is 19.8 Å². The van der Waals surface area contributed by atoms with E-state index in [0.29, 0.717) is 6.42 Å². The molecule has 0 rings (SSSR count). The van der Waals surface area contributed by atoms with Crippen LogP contribution in [0.2, 0.25) is 0 Å². The SMILES string of the molecule is CC/C=C\C/C=C\C/C=C\C/C=C\C/C=C\C/C=C\C/C=C\CCCCCCCCCCCCCCCCCCCCCC(=O)OC(COC(=O)CCCCCCCCCCCCCCCCCCCCCCCC/C=C\C/C=C\C/C=C\CCCCCCC)COP(=O)(O)OCCN. The Kier molecular flexibility index (Phi) is 80.3. The molecule has 0 spiro atoms. The topological polar surface area (TPSA) is 134 Å². The van der Waals surface area contributed by atoms with E-state index >= 15 is 0 Å². The van der Waals surface area contributed by atoms with Crippen LogP contribution < -0.4 is 5.73 Å². The van der Waals surface area contributed by atoms with Gasteiger partial charge in [-0.2, -0.15) is 0 Å². The lowest BCUT2D eigenvalue weighted by Gasteiger charge is -2.19. The van der Waals surface area contributed by atoms with Crippen LogP contribution in [0.15, 0.2) is 122 Å². The van der Waals surface area contributed by atoms with E-state index in [9.17, 15) is 19.0 Å².